The van der Waals surface area contributed by atoms with Crippen LogP contribution < -0.4 is 10.3 Å². The van der Waals surface area contributed by atoms with Gasteiger partial charge in [0.15, 0.2) is 5.78 Å². The highest BCUT2D eigenvalue weighted by molar-refractivity contribution is 6.11. The van der Waals surface area contributed by atoms with Gasteiger partial charge in [-0.2, -0.15) is 5.26 Å². The first-order valence-corrected chi connectivity index (χ1v) is 9.60. The second kappa shape index (κ2) is 9.75. The first kappa shape index (κ1) is 21.2. The minimum absolute atomic E-state index is 0.0128. The Hall–Kier alpha value is -3.07. The zero-order valence-electron chi connectivity index (χ0n) is 16.6. The Morgan fingerprint density at radius 1 is 1.18 bits per heavy atom. The van der Waals surface area contributed by atoms with Crippen molar-refractivity contribution in [1.29, 1.82) is 5.26 Å². The smallest absolute Gasteiger partial charge is 0.271 e. The summed E-state index contributed by atoms with van der Waals surface area (Å²) >= 11 is 0. The highest BCUT2D eigenvalue weighted by atomic mass is 16.5. The maximum absolute atomic E-state index is 13.0. The Kier molecular flexibility index (Phi) is 7.39. The molecule has 0 bridgehead atoms. The van der Waals surface area contributed by atoms with Crippen molar-refractivity contribution in [2.75, 3.05) is 6.61 Å². The van der Waals surface area contributed by atoms with E-state index in [1.165, 1.54) is 6.92 Å². The van der Waals surface area contributed by atoms with Gasteiger partial charge in [0.05, 0.1) is 12.2 Å². The Labute approximate surface area is 165 Å². The molecule has 0 spiro atoms. The van der Waals surface area contributed by atoms with Gasteiger partial charge in [0.25, 0.3) is 5.56 Å². The van der Waals surface area contributed by atoms with Gasteiger partial charge in [0.1, 0.15) is 17.4 Å². The Morgan fingerprint density at radius 3 is 2.43 bits per heavy atom. The molecule has 1 aromatic heterocycles. The van der Waals surface area contributed by atoms with Gasteiger partial charge in [0, 0.05) is 12.1 Å². The first-order chi connectivity index (χ1) is 13.5. The van der Waals surface area contributed by atoms with Gasteiger partial charge in [-0.05, 0) is 49.6 Å². The molecule has 0 atom stereocenters. The zero-order valence-corrected chi connectivity index (χ0v) is 16.6. The van der Waals surface area contributed by atoms with Gasteiger partial charge in [0.2, 0.25) is 5.88 Å². The summed E-state index contributed by atoms with van der Waals surface area (Å²) < 4.78 is 6.74. The molecule has 0 saturated carbocycles. The highest BCUT2D eigenvalue weighted by Gasteiger charge is 2.24. The van der Waals surface area contributed by atoms with Crippen LogP contribution in [0.1, 0.15) is 66.6 Å². The number of carbonyl (C=O) groups excluding carboxylic acids is 1. The molecule has 6 nitrogen and oxygen atoms in total. The average Bonchev–Trinajstić information content (AvgIpc) is 2.69. The Bertz CT molecular complexity index is 937. The predicted molar refractivity (Wildman–Crippen MR) is 107 cm³/mol. The van der Waals surface area contributed by atoms with E-state index >= 15 is 0 Å². The van der Waals surface area contributed by atoms with Gasteiger partial charge >= 0.3 is 0 Å². The lowest BCUT2D eigenvalue weighted by Gasteiger charge is -2.15. The molecule has 6 heteroatoms. The molecule has 28 heavy (non-hydrogen) atoms. The summed E-state index contributed by atoms with van der Waals surface area (Å²) in [6.45, 7) is 6.32. The summed E-state index contributed by atoms with van der Waals surface area (Å²) in [5.41, 5.74) is -0.162. The van der Waals surface area contributed by atoms with E-state index in [0.29, 0.717) is 24.3 Å². The van der Waals surface area contributed by atoms with Crippen molar-refractivity contribution in [3.05, 3.63) is 56.9 Å². The van der Waals surface area contributed by atoms with Crippen molar-refractivity contribution in [2.45, 2.75) is 53.0 Å². The molecular weight excluding hydrogens is 356 g/mol. The normalized spacial score (nSPS) is 10.5. The van der Waals surface area contributed by atoms with Crippen LogP contribution in [0.5, 0.6) is 11.6 Å². The van der Waals surface area contributed by atoms with Crippen LogP contribution in [0.15, 0.2) is 29.1 Å². The van der Waals surface area contributed by atoms with Gasteiger partial charge in [-0.25, -0.2) is 0 Å². The van der Waals surface area contributed by atoms with E-state index in [4.69, 9.17) is 4.74 Å². The van der Waals surface area contributed by atoms with Crippen LogP contribution in [-0.2, 0) is 6.54 Å². The van der Waals surface area contributed by atoms with Crippen molar-refractivity contribution >= 4 is 5.78 Å². The molecule has 1 heterocycles. The number of aromatic hydroxyl groups is 1. The Balaban J connectivity index is 2.37. The van der Waals surface area contributed by atoms with E-state index in [2.05, 4.69) is 6.92 Å². The molecule has 0 radical (unpaired) electrons. The molecule has 0 saturated heterocycles. The summed E-state index contributed by atoms with van der Waals surface area (Å²) in [7, 11) is 0. The minimum atomic E-state index is -0.577. The number of rotatable bonds is 9. The average molecular weight is 382 g/mol. The number of ketones is 1. The van der Waals surface area contributed by atoms with Crippen LogP contribution in [0, 0.1) is 18.3 Å². The number of pyridine rings is 1. The molecule has 1 aromatic carbocycles. The number of unbranched alkanes of at least 4 members (excludes halogenated alkanes) is 2. The van der Waals surface area contributed by atoms with Crippen LogP contribution in [0.3, 0.4) is 0 Å². The fraction of sp³-hybridized carbons (Fsp3) is 0.409. The van der Waals surface area contributed by atoms with Crippen LogP contribution in [0.2, 0.25) is 0 Å². The summed E-state index contributed by atoms with van der Waals surface area (Å²) in [6.07, 6.45) is 3.77. The molecule has 0 aliphatic heterocycles. The highest BCUT2D eigenvalue weighted by Crippen LogP contribution is 2.26. The molecular formula is C22H26N2O4. The lowest BCUT2D eigenvalue weighted by molar-refractivity contribution is 0.103. The number of aromatic nitrogens is 1. The third-order valence-corrected chi connectivity index (χ3v) is 4.61. The minimum Gasteiger partial charge on any atom is -0.494 e. The lowest BCUT2D eigenvalue weighted by atomic mass is 9.97. The largest absolute Gasteiger partial charge is 0.494 e. The number of hydrogen-bond donors (Lipinski definition) is 1. The summed E-state index contributed by atoms with van der Waals surface area (Å²) in [5, 5.41) is 19.9. The fourth-order valence-corrected chi connectivity index (χ4v) is 3.04. The molecule has 148 valence electrons. The number of benzene rings is 1. The maximum Gasteiger partial charge on any atom is 0.271 e. The van der Waals surface area contributed by atoms with Crippen molar-refractivity contribution < 1.29 is 14.6 Å². The maximum atomic E-state index is 13.0. The Morgan fingerprint density at radius 2 is 1.86 bits per heavy atom. The van der Waals surface area contributed by atoms with Crippen LogP contribution in [0.4, 0.5) is 0 Å². The second-order valence-corrected chi connectivity index (χ2v) is 6.68. The van der Waals surface area contributed by atoms with Crippen molar-refractivity contribution in [1.82, 2.24) is 4.57 Å². The summed E-state index contributed by atoms with van der Waals surface area (Å²) in [5.74, 6) is -0.163. The molecule has 2 rings (SSSR count). The van der Waals surface area contributed by atoms with E-state index in [1.807, 2.05) is 13.0 Å². The van der Waals surface area contributed by atoms with Gasteiger partial charge in [-0.3, -0.25) is 14.2 Å². The van der Waals surface area contributed by atoms with E-state index < -0.39 is 17.2 Å². The van der Waals surface area contributed by atoms with E-state index in [1.54, 1.807) is 24.3 Å². The number of nitriles is 1. The molecule has 0 amide bonds. The molecule has 0 unspecified atom stereocenters. The van der Waals surface area contributed by atoms with E-state index in [-0.39, 0.29) is 23.2 Å². The number of hydrogen-bond acceptors (Lipinski definition) is 5. The monoisotopic (exact) mass is 382 g/mol. The van der Waals surface area contributed by atoms with Crippen LogP contribution >= 0.6 is 0 Å². The van der Waals surface area contributed by atoms with E-state index in [9.17, 15) is 20.0 Å². The summed E-state index contributed by atoms with van der Waals surface area (Å²) in [4.78, 5) is 25.4. The SMILES string of the molecule is CCCCCOc1ccc(C(=O)c2c(C)c(C#N)c(=O)n(CCC)c2O)cc1. The van der Waals surface area contributed by atoms with Gasteiger partial charge in [-0.15, -0.1) is 0 Å². The zero-order chi connectivity index (χ0) is 20.7. The van der Waals surface area contributed by atoms with Crippen molar-refractivity contribution in [3.8, 4) is 17.7 Å². The molecule has 2 aromatic rings. The quantitative estimate of drug-likeness (QED) is 0.524. The van der Waals surface area contributed by atoms with Crippen LogP contribution in [0.25, 0.3) is 0 Å². The molecule has 0 fully saturated rings. The van der Waals surface area contributed by atoms with Gasteiger partial charge in [-0.1, -0.05) is 26.7 Å². The van der Waals surface area contributed by atoms with Crippen LogP contribution in [-0.4, -0.2) is 22.1 Å². The third-order valence-electron chi connectivity index (χ3n) is 4.61. The topological polar surface area (TPSA) is 92.3 Å². The number of carbonyl (C=O) groups is 1. The van der Waals surface area contributed by atoms with Crippen molar-refractivity contribution in [3.63, 3.8) is 0 Å². The predicted octanol–water partition coefficient (Wildman–Crippen LogP) is 3.94. The van der Waals surface area contributed by atoms with Crippen molar-refractivity contribution in [2.24, 2.45) is 0 Å². The second-order valence-electron chi connectivity index (χ2n) is 6.68. The fourth-order valence-electron chi connectivity index (χ4n) is 3.04. The molecule has 0 aliphatic rings. The summed E-state index contributed by atoms with van der Waals surface area (Å²) in [6, 6.07) is 8.52. The number of nitrogens with zero attached hydrogens (tertiary/aromatic N) is 2. The molecule has 1 N–H and O–H groups in total. The van der Waals surface area contributed by atoms with Gasteiger partial charge < -0.3 is 9.84 Å². The first-order valence-electron chi connectivity index (χ1n) is 9.60. The third kappa shape index (κ3) is 4.42. The lowest BCUT2D eigenvalue weighted by Crippen LogP contribution is -2.26. The standard InChI is InChI=1S/C22H26N2O4/c1-4-6-7-13-28-17-10-8-16(9-11-17)20(25)19-15(3)18(14-23)21(26)24(12-5-2)22(19)27/h8-11,27H,4-7,12-13H2,1-3H3. The van der Waals surface area contributed by atoms with E-state index in [0.717, 1.165) is 23.8 Å². The molecule has 0 aliphatic carbocycles. The number of ether oxygens (including phenoxy) is 1.